The highest BCUT2D eigenvalue weighted by Gasteiger charge is 2.41. The summed E-state index contributed by atoms with van der Waals surface area (Å²) in [5, 5.41) is 12.0. The molecule has 1 saturated carbocycles. The van der Waals surface area contributed by atoms with Crippen LogP contribution in [0.5, 0.6) is 0 Å². The number of pyridine rings is 1. The number of hydrogen-bond acceptors (Lipinski definition) is 3. The van der Waals surface area contributed by atoms with E-state index in [1.54, 1.807) is 6.20 Å². The monoisotopic (exact) mass is 229 g/mol. The number of nitrogens with zero attached hydrogens (tertiary/aromatic N) is 2. The lowest BCUT2D eigenvalue weighted by Gasteiger charge is -2.18. The van der Waals surface area contributed by atoms with Gasteiger partial charge in [0.2, 0.25) is 5.91 Å². The Kier molecular flexibility index (Phi) is 3.38. The molecule has 2 rings (SSSR count). The van der Waals surface area contributed by atoms with Gasteiger partial charge in [-0.3, -0.25) is 9.78 Å². The second-order valence-electron chi connectivity index (χ2n) is 4.40. The zero-order valence-corrected chi connectivity index (χ0v) is 9.65. The summed E-state index contributed by atoms with van der Waals surface area (Å²) in [5.41, 5.74) is 0.0151. The van der Waals surface area contributed by atoms with Gasteiger partial charge in [-0.2, -0.15) is 5.26 Å². The summed E-state index contributed by atoms with van der Waals surface area (Å²) >= 11 is 0. The molecule has 1 fully saturated rings. The largest absolute Gasteiger partial charge is 0.349 e. The highest BCUT2D eigenvalue weighted by atomic mass is 16.2. The predicted octanol–water partition coefficient (Wildman–Crippen LogP) is 1.78. The molecule has 0 bridgehead atoms. The molecule has 0 spiro atoms. The van der Waals surface area contributed by atoms with Crippen LogP contribution in [0.3, 0.4) is 0 Å². The Hall–Kier alpha value is -1.89. The van der Waals surface area contributed by atoms with Crippen molar-refractivity contribution in [2.75, 3.05) is 0 Å². The fourth-order valence-corrected chi connectivity index (χ4v) is 2.21. The molecular weight excluding hydrogens is 214 g/mol. The zero-order chi connectivity index (χ0) is 12.1. The van der Waals surface area contributed by atoms with Crippen LogP contribution >= 0.6 is 0 Å². The lowest BCUT2D eigenvalue weighted by atomic mass is 9.87. The Balaban J connectivity index is 1.96. The van der Waals surface area contributed by atoms with E-state index in [4.69, 9.17) is 5.26 Å². The highest BCUT2D eigenvalue weighted by molar-refractivity contribution is 5.85. The smallest absolute Gasteiger partial charge is 0.240 e. The third-order valence-electron chi connectivity index (χ3n) is 3.26. The molecule has 0 radical (unpaired) electrons. The molecule has 1 aromatic heterocycles. The number of aromatic nitrogens is 1. The van der Waals surface area contributed by atoms with Gasteiger partial charge in [0.1, 0.15) is 5.41 Å². The topological polar surface area (TPSA) is 65.8 Å². The standard InChI is InChI=1S/C13H15N3O/c14-10-13(6-2-3-7-13)12(17)16-9-11-5-1-4-8-15-11/h1,4-5,8H,2-3,6-7,9H2,(H,16,17). The predicted molar refractivity (Wildman–Crippen MR) is 62.6 cm³/mol. The number of amides is 1. The summed E-state index contributed by atoms with van der Waals surface area (Å²) in [6.45, 7) is 0.392. The number of carbonyl (C=O) groups is 1. The molecule has 1 amide bonds. The fraction of sp³-hybridized carbons (Fsp3) is 0.462. The van der Waals surface area contributed by atoms with Crippen molar-refractivity contribution in [3.63, 3.8) is 0 Å². The van der Waals surface area contributed by atoms with Crippen molar-refractivity contribution in [3.05, 3.63) is 30.1 Å². The van der Waals surface area contributed by atoms with Gasteiger partial charge in [0, 0.05) is 6.20 Å². The molecule has 17 heavy (non-hydrogen) atoms. The highest BCUT2D eigenvalue weighted by Crippen LogP contribution is 2.37. The van der Waals surface area contributed by atoms with Crippen LogP contribution in [-0.4, -0.2) is 10.9 Å². The van der Waals surface area contributed by atoms with Crippen LogP contribution < -0.4 is 5.32 Å². The van der Waals surface area contributed by atoms with E-state index in [0.29, 0.717) is 19.4 Å². The number of hydrogen-bond donors (Lipinski definition) is 1. The minimum absolute atomic E-state index is 0.150. The van der Waals surface area contributed by atoms with E-state index in [-0.39, 0.29) is 5.91 Å². The van der Waals surface area contributed by atoms with Gasteiger partial charge in [0.05, 0.1) is 18.3 Å². The molecule has 4 heteroatoms. The van der Waals surface area contributed by atoms with E-state index < -0.39 is 5.41 Å². The van der Waals surface area contributed by atoms with Crippen molar-refractivity contribution in [1.82, 2.24) is 10.3 Å². The van der Waals surface area contributed by atoms with Crippen LogP contribution in [0.2, 0.25) is 0 Å². The second-order valence-corrected chi connectivity index (χ2v) is 4.40. The van der Waals surface area contributed by atoms with Gasteiger partial charge in [-0.25, -0.2) is 0 Å². The summed E-state index contributed by atoms with van der Waals surface area (Å²) in [7, 11) is 0. The van der Waals surface area contributed by atoms with Crippen molar-refractivity contribution in [3.8, 4) is 6.07 Å². The van der Waals surface area contributed by atoms with E-state index in [2.05, 4.69) is 16.4 Å². The summed E-state index contributed by atoms with van der Waals surface area (Å²) in [6, 6.07) is 7.75. The Bertz CT molecular complexity index is 430. The Morgan fingerprint density at radius 3 is 2.82 bits per heavy atom. The van der Waals surface area contributed by atoms with Crippen LogP contribution in [0.1, 0.15) is 31.4 Å². The molecule has 4 nitrogen and oxygen atoms in total. The van der Waals surface area contributed by atoms with Gasteiger partial charge in [-0.05, 0) is 25.0 Å². The van der Waals surface area contributed by atoms with Crippen molar-refractivity contribution >= 4 is 5.91 Å². The van der Waals surface area contributed by atoms with Gasteiger partial charge >= 0.3 is 0 Å². The van der Waals surface area contributed by atoms with Gasteiger partial charge in [0.15, 0.2) is 0 Å². The van der Waals surface area contributed by atoms with Gasteiger partial charge in [-0.15, -0.1) is 0 Å². The van der Waals surface area contributed by atoms with Gasteiger partial charge in [-0.1, -0.05) is 18.9 Å². The lowest BCUT2D eigenvalue weighted by Crippen LogP contribution is -2.37. The normalized spacial score (nSPS) is 17.4. The third kappa shape index (κ3) is 2.44. The van der Waals surface area contributed by atoms with E-state index in [1.807, 2.05) is 18.2 Å². The van der Waals surface area contributed by atoms with Crippen LogP contribution in [0.4, 0.5) is 0 Å². The quantitative estimate of drug-likeness (QED) is 0.859. The summed E-state index contributed by atoms with van der Waals surface area (Å²) in [4.78, 5) is 16.1. The van der Waals surface area contributed by atoms with Crippen molar-refractivity contribution in [1.29, 1.82) is 5.26 Å². The molecule has 1 heterocycles. The summed E-state index contributed by atoms with van der Waals surface area (Å²) in [5.74, 6) is -0.150. The molecule has 0 atom stereocenters. The molecule has 0 aromatic carbocycles. The minimum Gasteiger partial charge on any atom is -0.349 e. The zero-order valence-electron chi connectivity index (χ0n) is 9.65. The molecule has 1 N–H and O–H groups in total. The van der Waals surface area contributed by atoms with Crippen molar-refractivity contribution < 1.29 is 4.79 Å². The Morgan fingerprint density at radius 1 is 1.47 bits per heavy atom. The fourth-order valence-electron chi connectivity index (χ4n) is 2.21. The number of rotatable bonds is 3. The molecule has 0 unspecified atom stereocenters. The minimum atomic E-state index is -0.797. The molecule has 88 valence electrons. The number of nitrogens with one attached hydrogen (secondary N) is 1. The number of nitriles is 1. The SMILES string of the molecule is N#CC1(C(=O)NCc2ccccn2)CCCC1. The lowest BCUT2D eigenvalue weighted by molar-refractivity contribution is -0.128. The van der Waals surface area contributed by atoms with E-state index in [0.717, 1.165) is 18.5 Å². The molecule has 0 aliphatic heterocycles. The van der Waals surface area contributed by atoms with Crippen LogP contribution in [0.15, 0.2) is 24.4 Å². The van der Waals surface area contributed by atoms with Gasteiger partial charge < -0.3 is 5.32 Å². The maximum absolute atomic E-state index is 12.0. The Morgan fingerprint density at radius 2 is 2.24 bits per heavy atom. The Labute approximate surface area is 101 Å². The van der Waals surface area contributed by atoms with Crippen molar-refractivity contribution in [2.24, 2.45) is 5.41 Å². The van der Waals surface area contributed by atoms with E-state index in [1.165, 1.54) is 0 Å². The summed E-state index contributed by atoms with van der Waals surface area (Å²) in [6.07, 6.45) is 4.97. The first-order chi connectivity index (χ1) is 8.27. The number of carbonyl (C=O) groups excluding carboxylic acids is 1. The molecule has 0 saturated heterocycles. The summed E-state index contributed by atoms with van der Waals surface area (Å²) < 4.78 is 0. The van der Waals surface area contributed by atoms with Crippen LogP contribution in [-0.2, 0) is 11.3 Å². The van der Waals surface area contributed by atoms with E-state index >= 15 is 0 Å². The average Bonchev–Trinajstić information content (AvgIpc) is 2.87. The van der Waals surface area contributed by atoms with Crippen molar-refractivity contribution in [2.45, 2.75) is 32.2 Å². The molecule has 1 aliphatic carbocycles. The maximum Gasteiger partial charge on any atom is 0.240 e. The molecular formula is C13H15N3O. The average molecular weight is 229 g/mol. The second kappa shape index (κ2) is 4.96. The van der Waals surface area contributed by atoms with E-state index in [9.17, 15) is 4.79 Å². The maximum atomic E-state index is 12.0. The first-order valence-corrected chi connectivity index (χ1v) is 5.86. The van der Waals surface area contributed by atoms with Crippen LogP contribution in [0, 0.1) is 16.7 Å². The van der Waals surface area contributed by atoms with Crippen LogP contribution in [0.25, 0.3) is 0 Å². The third-order valence-corrected chi connectivity index (χ3v) is 3.26. The molecule has 1 aromatic rings. The van der Waals surface area contributed by atoms with Gasteiger partial charge in [0.25, 0.3) is 0 Å². The first kappa shape index (κ1) is 11.6. The first-order valence-electron chi connectivity index (χ1n) is 5.86. The molecule has 1 aliphatic rings.